The zero-order valence-corrected chi connectivity index (χ0v) is 13.9. The maximum Gasteiger partial charge on any atom is 0.227 e. The first kappa shape index (κ1) is 18.1. The van der Waals surface area contributed by atoms with Gasteiger partial charge in [0.15, 0.2) is 0 Å². The summed E-state index contributed by atoms with van der Waals surface area (Å²) in [4.78, 5) is 13.8. The average molecular weight is 335 g/mol. The predicted octanol–water partition coefficient (Wildman–Crippen LogP) is 0.984. The van der Waals surface area contributed by atoms with Gasteiger partial charge in [-0.25, -0.2) is 9.07 Å². The van der Waals surface area contributed by atoms with Crippen molar-refractivity contribution in [2.75, 3.05) is 26.3 Å². The first-order chi connectivity index (χ1) is 11.5. The number of aryl methyl sites for hydroxylation is 1. The molecule has 0 aliphatic carbocycles. The quantitative estimate of drug-likeness (QED) is 0.791. The average Bonchev–Trinajstić information content (AvgIpc) is 2.83. The van der Waals surface area contributed by atoms with Gasteiger partial charge in [-0.15, -0.1) is 0 Å². The summed E-state index contributed by atoms with van der Waals surface area (Å²) in [5, 5.41) is 22.5. The van der Waals surface area contributed by atoms with Crippen molar-refractivity contribution >= 4 is 5.91 Å². The van der Waals surface area contributed by atoms with Crippen LogP contribution in [0.2, 0.25) is 0 Å². The van der Waals surface area contributed by atoms with Crippen LogP contribution in [-0.2, 0) is 11.2 Å². The fraction of sp³-hybridized carbons (Fsp3) is 0.412. The second kappa shape index (κ2) is 8.03. The molecule has 0 radical (unpaired) electrons. The summed E-state index contributed by atoms with van der Waals surface area (Å²) in [7, 11) is 0. The van der Waals surface area contributed by atoms with Gasteiger partial charge in [0.05, 0.1) is 31.0 Å². The number of aromatic nitrogens is 2. The van der Waals surface area contributed by atoms with E-state index in [1.165, 1.54) is 17.0 Å². The molecule has 1 aromatic carbocycles. The highest BCUT2D eigenvalue weighted by molar-refractivity contribution is 5.79. The standard InChI is InChI=1S/C17H22FN3O3/c1-12-16(11-17(24)20(7-9-22)8-10-23)13(2)21(19-12)15-5-3-14(18)4-6-15/h3-6,22-23H,7-11H2,1-2H3. The first-order valence-corrected chi connectivity index (χ1v) is 7.78. The number of rotatable bonds is 7. The van der Waals surface area contributed by atoms with E-state index in [1.807, 2.05) is 13.8 Å². The number of nitrogens with zero attached hydrogens (tertiary/aromatic N) is 3. The highest BCUT2D eigenvalue weighted by Gasteiger charge is 2.19. The molecule has 24 heavy (non-hydrogen) atoms. The second-order valence-electron chi connectivity index (χ2n) is 5.54. The molecule has 0 aliphatic heterocycles. The van der Waals surface area contributed by atoms with Crippen LogP contribution in [0.5, 0.6) is 0 Å². The Labute approximate surface area is 140 Å². The van der Waals surface area contributed by atoms with E-state index in [0.29, 0.717) is 0 Å². The summed E-state index contributed by atoms with van der Waals surface area (Å²) in [5.74, 6) is -0.498. The summed E-state index contributed by atoms with van der Waals surface area (Å²) in [6, 6.07) is 5.98. The van der Waals surface area contributed by atoms with Crippen molar-refractivity contribution in [1.82, 2.24) is 14.7 Å². The molecule has 0 atom stereocenters. The molecule has 2 rings (SSSR count). The van der Waals surface area contributed by atoms with Crippen molar-refractivity contribution in [2.45, 2.75) is 20.3 Å². The van der Waals surface area contributed by atoms with Crippen LogP contribution in [0.1, 0.15) is 17.0 Å². The number of amides is 1. The van der Waals surface area contributed by atoms with Crippen molar-refractivity contribution < 1.29 is 19.4 Å². The van der Waals surface area contributed by atoms with Crippen LogP contribution in [0, 0.1) is 19.7 Å². The highest BCUT2D eigenvalue weighted by Crippen LogP contribution is 2.19. The van der Waals surface area contributed by atoms with Crippen LogP contribution >= 0.6 is 0 Å². The summed E-state index contributed by atoms with van der Waals surface area (Å²) >= 11 is 0. The minimum absolute atomic E-state index is 0.138. The van der Waals surface area contributed by atoms with E-state index in [-0.39, 0.29) is 44.4 Å². The third-order valence-corrected chi connectivity index (χ3v) is 3.93. The molecule has 1 aromatic heterocycles. The van der Waals surface area contributed by atoms with Crippen LogP contribution in [0.3, 0.4) is 0 Å². The maximum absolute atomic E-state index is 13.1. The molecule has 1 heterocycles. The largest absolute Gasteiger partial charge is 0.395 e. The number of halogens is 1. The van der Waals surface area contributed by atoms with Gasteiger partial charge in [-0.3, -0.25) is 4.79 Å². The third-order valence-electron chi connectivity index (χ3n) is 3.93. The molecule has 2 aromatic rings. The van der Waals surface area contributed by atoms with Crippen LogP contribution in [-0.4, -0.2) is 57.1 Å². The van der Waals surface area contributed by atoms with E-state index >= 15 is 0 Å². The molecule has 130 valence electrons. The van der Waals surface area contributed by atoms with Gasteiger partial charge in [0.25, 0.3) is 0 Å². The van der Waals surface area contributed by atoms with Crippen LogP contribution in [0.4, 0.5) is 4.39 Å². The summed E-state index contributed by atoms with van der Waals surface area (Å²) in [6.07, 6.45) is 0.138. The minimum atomic E-state index is -0.320. The molecule has 7 heteroatoms. The molecule has 2 N–H and O–H groups in total. The Bertz CT molecular complexity index is 692. The molecule has 6 nitrogen and oxygen atoms in total. The lowest BCUT2D eigenvalue weighted by Gasteiger charge is -2.20. The van der Waals surface area contributed by atoms with E-state index < -0.39 is 0 Å². The number of hydrogen-bond donors (Lipinski definition) is 2. The number of aliphatic hydroxyl groups excluding tert-OH is 2. The molecule has 0 bridgehead atoms. The fourth-order valence-corrected chi connectivity index (χ4v) is 2.63. The fourth-order valence-electron chi connectivity index (χ4n) is 2.63. The highest BCUT2D eigenvalue weighted by atomic mass is 19.1. The van der Waals surface area contributed by atoms with Gasteiger partial charge in [0.2, 0.25) is 5.91 Å². The number of carbonyl (C=O) groups is 1. The smallest absolute Gasteiger partial charge is 0.227 e. The van der Waals surface area contributed by atoms with Crippen molar-refractivity contribution in [3.8, 4) is 5.69 Å². The Kier molecular flexibility index (Phi) is 6.05. The molecule has 1 amide bonds. The van der Waals surface area contributed by atoms with Crippen molar-refractivity contribution in [3.05, 3.63) is 47.0 Å². The number of aliphatic hydroxyl groups is 2. The van der Waals surface area contributed by atoms with Gasteiger partial charge in [-0.05, 0) is 38.1 Å². The summed E-state index contributed by atoms with van der Waals surface area (Å²) in [6.45, 7) is 3.73. The molecular weight excluding hydrogens is 313 g/mol. The Hall–Kier alpha value is -2.25. The molecule has 0 unspecified atom stereocenters. The zero-order chi connectivity index (χ0) is 17.7. The van der Waals surface area contributed by atoms with Crippen molar-refractivity contribution in [2.24, 2.45) is 0 Å². The van der Waals surface area contributed by atoms with Crippen molar-refractivity contribution in [1.29, 1.82) is 0 Å². The van der Waals surface area contributed by atoms with E-state index in [9.17, 15) is 9.18 Å². The van der Waals surface area contributed by atoms with Crippen molar-refractivity contribution in [3.63, 3.8) is 0 Å². The minimum Gasteiger partial charge on any atom is -0.395 e. The molecule has 0 fully saturated rings. The van der Waals surface area contributed by atoms with Gasteiger partial charge >= 0.3 is 0 Å². The van der Waals surface area contributed by atoms with Gasteiger partial charge < -0.3 is 15.1 Å². The molecule has 0 aliphatic rings. The van der Waals surface area contributed by atoms with E-state index in [2.05, 4.69) is 5.10 Å². The van der Waals surface area contributed by atoms with Gasteiger partial charge in [-0.1, -0.05) is 0 Å². The Morgan fingerprint density at radius 3 is 2.29 bits per heavy atom. The lowest BCUT2D eigenvalue weighted by molar-refractivity contribution is -0.131. The topological polar surface area (TPSA) is 78.6 Å². The lowest BCUT2D eigenvalue weighted by atomic mass is 10.1. The monoisotopic (exact) mass is 335 g/mol. The molecule has 0 saturated carbocycles. The van der Waals surface area contributed by atoms with E-state index in [1.54, 1.807) is 16.8 Å². The van der Waals surface area contributed by atoms with E-state index in [4.69, 9.17) is 10.2 Å². The second-order valence-corrected chi connectivity index (χ2v) is 5.54. The Balaban J connectivity index is 2.25. The van der Waals surface area contributed by atoms with Gasteiger partial charge in [0, 0.05) is 24.3 Å². The van der Waals surface area contributed by atoms with Crippen LogP contribution in [0.15, 0.2) is 24.3 Å². The first-order valence-electron chi connectivity index (χ1n) is 7.78. The predicted molar refractivity (Wildman–Crippen MR) is 87.5 cm³/mol. The number of benzene rings is 1. The summed E-state index contributed by atoms with van der Waals surface area (Å²) in [5.41, 5.74) is 3.04. The molecular formula is C17H22FN3O3. The van der Waals surface area contributed by atoms with E-state index in [0.717, 1.165) is 22.6 Å². The summed E-state index contributed by atoms with van der Waals surface area (Å²) < 4.78 is 14.8. The SMILES string of the molecule is Cc1nn(-c2ccc(F)cc2)c(C)c1CC(=O)N(CCO)CCO. The number of carbonyl (C=O) groups excluding carboxylic acids is 1. The van der Waals surface area contributed by atoms with Gasteiger partial charge in [0.1, 0.15) is 5.82 Å². The Morgan fingerprint density at radius 2 is 1.75 bits per heavy atom. The lowest BCUT2D eigenvalue weighted by Crippen LogP contribution is -2.37. The van der Waals surface area contributed by atoms with Crippen LogP contribution < -0.4 is 0 Å². The Morgan fingerprint density at radius 1 is 1.17 bits per heavy atom. The molecule has 0 spiro atoms. The third kappa shape index (κ3) is 3.98. The molecule has 0 saturated heterocycles. The van der Waals surface area contributed by atoms with Crippen LogP contribution in [0.25, 0.3) is 5.69 Å². The maximum atomic E-state index is 13.1. The zero-order valence-electron chi connectivity index (χ0n) is 13.9. The number of hydrogen-bond acceptors (Lipinski definition) is 4. The normalized spacial score (nSPS) is 10.9. The van der Waals surface area contributed by atoms with Gasteiger partial charge in [-0.2, -0.15) is 5.10 Å².